The van der Waals surface area contributed by atoms with Crippen LogP contribution in [0.15, 0.2) is 40.9 Å². The number of thiophene rings is 1. The number of carboxylic acids is 1. The molecule has 1 atom stereocenters. The van der Waals surface area contributed by atoms with Crippen molar-refractivity contribution in [3.8, 4) is 10.4 Å². The molecule has 1 aromatic carbocycles. The number of nitrogens with one attached hydrogen (secondary N) is 1. The molecule has 0 spiro atoms. The molecular formula is C15H16BrNO3S. The fraction of sp³-hybridized carbons (Fsp3) is 0.267. The Morgan fingerprint density at radius 2 is 2.14 bits per heavy atom. The van der Waals surface area contributed by atoms with E-state index in [4.69, 9.17) is 5.11 Å². The highest BCUT2D eigenvalue weighted by molar-refractivity contribution is 9.10. The Bertz CT molecular complexity index is 639. The quantitative estimate of drug-likeness (QED) is 0.731. The van der Waals surface area contributed by atoms with Crippen LogP contribution in [0.5, 0.6) is 0 Å². The average molecular weight is 370 g/mol. The Morgan fingerprint density at radius 1 is 1.38 bits per heavy atom. The van der Waals surface area contributed by atoms with Crippen LogP contribution in [-0.2, 0) is 11.3 Å². The highest BCUT2D eigenvalue weighted by Crippen LogP contribution is 2.29. The SMILES string of the molecule is CC(O)(CNCc1ccc(-c2cccc(Br)c2)s1)C(=O)O. The Balaban J connectivity index is 1.97. The van der Waals surface area contributed by atoms with E-state index < -0.39 is 11.6 Å². The Kier molecular flexibility index (Phi) is 5.16. The maximum absolute atomic E-state index is 10.8. The molecule has 0 fully saturated rings. The Labute approximate surface area is 135 Å². The summed E-state index contributed by atoms with van der Waals surface area (Å²) in [6.07, 6.45) is 0. The molecular weight excluding hydrogens is 354 g/mol. The van der Waals surface area contributed by atoms with E-state index in [2.05, 4.69) is 27.3 Å². The number of rotatable bonds is 6. The molecule has 1 unspecified atom stereocenters. The van der Waals surface area contributed by atoms with Gasteiger partial charge in [0.25, 0.3) is 0 Å². The van der Waals surface area contributed by atoms with Gasteiger partial charge in [0.15, 0.2) is 5.60 Å². The molecule has 6 heteroatoms. The molecule has 21 heavy (non-hydrogen) atoms. The molecule has 3 N–H and O–H groups in total. The summed E-state index contributed by atoms with van der Waals surface area (Å²) in [6, 6.07) is 12.1. The lowest BCUT2D eigenvalue weighted by Crippen LogP contribution is -2.44. The maximum atomic E-state index is 10.8. The highest BCUT2D eigenvalue weighted by atomic mass is 79.9. The number of aliphatic carboxylic acids is 1. The summed E-state index contributed by atoms with van der Waals surface area (Å²) < 4.78 is 1.03. The largest absolute Gasteiger partial charge is 0.479 e. The van der Waals surface area contributed by atoms with Gasteiger partial charge in [-0.1, -0.05) is 28.1 Å². The second-order valence-electron chi connectivity index (χ2n) is 4.96. The van der Waals surface area contributed by atoms with Gasteiger partial charge in [-0.15, -0.1) is 11.3 Å². The van der Waals surface area contributed by atoms with Gasteiger partial charge in [0.2, 0.25) is 0 Å². The fourth-order valence-electron chi connectivity index (χ4n) is 1.77. The van der Waals surface area contributed by atoms with Crippen LogP contribution in [0.1, 0.15) is 11.8 Å². The number of aliphatic hydroxyl groups is 1. The number of carboxylic acid groups (broad SMARTS) is 1. The third-order valence-electron chi connectivity index (χ3n) is 3.00. The summed E-state index contributed by atoms with van der Waals surface area (Å²) in [5.74, 6) is -1.23. The van der Waals surface area contributed by atoms with Crippen LogP contribution in [0.3, 0.4) is 0 Å². The van der Waals surface area contributed by atoms with Crippen LogP contribution in [0.25, 0.3) is 10.4 Å². The number of carbonyl (C=O) groups is 1. The fourth-order valence-corrected chi connectivity index (χ4v) is 3.15. The number of benzene rings is 1. The van der Waals surface area contributed by atoms with Crippen molar-refractivity contribution in [2.45, 2.75) is 19.1 Å². The van der Waals surface area contributed by atoms with Gasteiger partial charge in [-0.3, -0.25) is 0 Å². The topological polar surface area (TPSA) is 69.6 Å². The molecule has 0 saturated heterocycles. The Morgan fingerprint density at radius 3 is 2.81 bits per heavy atom. The standard InChI is InChI=1S/C15H16BrNO3S/c1-15(20,14(18)19)9-17-8-12-5-6-13(21-12)10-3-2-4-11(16)7-10/h2-7,17,20H,8-9H2,1H3,(H,18,19). The molecule has 0 aliphatic heterocycles. The van der Waals surface area contributed by atoms with Crippen molar-refractivity contribution >= 4 is 33.2 Å². The second-order valence-corrected chi connectivity index (χ2v) is 7.04. The van der Waals surface area contributed by atoms with Crippen LogP contribution in [0.2, 0.25) is 0 Å². The maximum Gasteiger partial charge on any atom is 0.336 e. The van der Waals surface area contributed by atoms with Gasteiger partial charge >= 0.3 is 5.97 Å². The lowest BCUT2D eigenvalue weighted by Gasteiger charge is -2.17. The van der Waals surface area contributed by atoms with Crippen molar-refractivity contribution in [1.82, 2.24) is 5.32 Å². The van der Waals surface area contributed by atoms with Crippen molar-refractivity contribution in [3.05, 3.63) is 45.7 Å². The molecule has 0 amide bonds. The molecule has 2 rings (SSSR count). The van der Waals surface area contributed by atoms with Crippen LogP contribution in [0, 0.1) is 0 Å². The number of hydrogen-bond acceptors (Lipinski definition) is 4. The lowest BCUT2D eigenvalue weighted by molar-refractivity contribution is -0.156. The van der Waals surface area contributed by atoms with Gasteiger partial charge in [-0.2, -0.15) is 0 Å². The molecule has 0 aliphatic carbocycles. The van der Waals surface area contributed by atoms with Gasteiger partial charge in [-0.25, -0.2) is 4.79 Å². The van der Waals surface area contributed by atoms with Gasteiger partial charge in [0.1, 0.15) is 0 Å². The minimum absolute atomic E-state index is 0.00640. The molecule has 4 nitrogen and oxygen atoms in total. The van der Waals surface area contributed by atoms with Gasteiger partial charge in [0, 0.05) is 27.3 Å². The predicted octanol–water partition coefficient (Wildman–Crippen LogP) is 3.10. The van der Waals surface area contributed by atoms with Gasteiger partial charge < -0.3 is 15.5 Å². The van der Waals surface area contributed by atoms with Crippen LogP contribution >= 0.6 is 27.3 Å². The predicted molar refractivity (Wildman–Crippen MR) is 87.4 cm³/mol. The monoisotopic (exact) mass is 369 g/mol. The molecule has 2 aromatic rings. The van der Waals surface area contributed by atoms with Crippen LogP contribution in [0.4, 0.5) is 0 Å². The van der Waals surface area contributed by atoms with Gasteiger partial charge in [-0.05, 0) is 36.8 Å². The first kappa shape index (κ1) is 16.2. The van der Waals surface area contributed by atoms with E-state index in [-0.39, 0.29) is 6.54 Å². The normalized spacial score (nSPS) is 13.9. The van der Waals surface area contributed by atoms with Gasteiger partial charge in [0.05, 0.1) is 0 Å². The summed E-state index contributed by atoms with van der Waals surface area (Å²) in [5, 5.41) is 21.4. The smallest absolute Gasteiger partial charge is 0.336 e. The summed E-state index contributed by atoms with van der Waals surface area (Å²) >= 11 is 5.09. The zero-order valence-electron chi connectivity index (χ0n) is 11.5. The first-order valence-corrected chi connectivity index (χ1v) is 8.00. The summed E-state index contributed by atoms with van der Waals surface area (Å²) in [4.78, 5) is 13.0. The highest BCUT2D eigenvalue weighted by Gasteiger charge is 2.29. The van der Waals surface area contributed by atoms with E-state index >= 15 is 0 Å². The molecule has 1 heterocycles. The third-order valence-corrected chi connectivity index (χ3v) is 4.63. The van der Waals surface area contributed by atoms with E-state index in [0.717, 1.165) is 19.8 Å². The van der Waals surface area contributed by atoms with Crippen molar-refractivity contribution < 1.29 is 15.0 Å². The molecule has 0 bridgehead atoms. The second kappa shape index (κ2) is 6.70. The van der Waals surface area contributed by atoms with Crippen molar-refractivity contribution in [2.24, 2.45) is 0 Å². The number of halogens is 1. The van der Waals surface area contributed by atoms with Crippen molar-refractivity contribution in [3.63, 3.8) is 0 Å². The lowest BCUT2D eigenvalue weighted by atomic mass is 10.1. The van der Waals surface area contributed by atoms with E-state index in [0.29, 0.717) is 6.54 Å². The zero-order chi connectivity index (χ0) is 15.5. The Hall–Kier alpha value is -1.21. The van der Waals surface area contributed by atoms with Crippen LogP contribution in [-0.4, -0.2) is 28.3 Å². The first-order chi connectivity index (χ1) is 9.88. The van der Waals surface area contributed by atoms with E-state index in [9.17, 15) is 9.90 Å². The summed E-state index contributed by atoms with van der Waals surface area (Å²) in [6.45, 7) is 1.82. The van der Waals surface area contributed by atoms with Crippen molar-refractivity contribution in [1.29, 1.82) is 0 Å². The van der Waals surface area contributed by atoms with Crippen molar-refractivity contribution in [2.75, 3.05) is 6.54 Å². The number of hydrogen-bond donors (Lipinski definition) is 3. The summed E-state index contributed by atoms with van der Waals surface area (Å²) in [7, 11) is 0. The minimum atomic E-state index is -1.75. The first-order valence-electron chi connectivity index (χ1n) is 6.39. The van der Waals surface area contributed by atoms with E-state index in [1.807, 2.05) is 30.3 Å². The van der Waals surface area contributed by atoms with E-state index in [1.165, 1.54) is 6.92 Å². The molecule has 0 radical (unpaired) electrons. The van der Waals surface area contributed by atoms with Crippen LogP contribution < -0.4 is 5.32 Å². The van der Waals surface area contributed by atoms with E-state index in [1.54, 1.807) is 11.3 Å². The molecule has 1 aromatic heterocycles. The average Bonchev–Trinajstić information content (AvgIpc) is 2.87. The third kappa shape index (κ3) is 4.38. The molecule has 0 saturated carbocycles. The zero-order valence-corrected chi connectivity index (χ0v) is 13.9. The minimum Gasteiger partial charge on any atom is -0.479 e. The molecule has 0 aliphatic rings. The summed E-state index contributed by atoms with van der Waals surface area (Å²) in [5.41, 5.74) is -0.608. The molecule has 112 valence electrons.